The van der Waals surface area contributed by atoms with Crippen LogP contribution < -0.4 is 21.5 Å². The van der Waals surface area contributed by atoms with Crippen molar-refractivity contribution in [3.8, 4) is 0 Å². The van der Waals surface area contributed by atoms with Gasteiger partial charge in [-0.1, -0.05) is 12.8 Å². The number of pyridine rings is 1. The van der Waals surface area contributed by atoms with Gasteiger partial charge in [0.25, 0.3) is 5.56 Å². The topological polar surface area (TPSA) is 83.0 Å². The van der Waals surface area contributed by atoms with Crippen LogP contribution in [-0.2, 0) is 13.6 Å². The van der Waals surface area contributed by atoms with Crippen LogP contribution in [0, 0.1) is 0 Å². The summed E-state index contributed by atoms with van der Waals surface area (Å²) in [5.41, 5.74) is 0.303. The van der Waals surface area contributed by atoms with Crippen molar-refractivity contribution in [1.29, 1.82) is 0 Å². The lowest BCUT2D eigenvalue weighted by molar-refractivity contribution is 0.726. The van der Waals surface area contributed by atoms with Gasteiger partial charge in [0.05, 0.1) is 0 Å². The molecule has 0 amide bonds. The van der Waals surface area contributed by atoms with Crippen LogP contribution in [0.15, 0.2) is 34.0 Å². The Balaban J connectivity index is 1.70. The highest BCUT2D eigenvalue weighted by atomic mass is 16.2. The maximum atomic E-state index is 11.7. The highest BCUT2D eigenvalue weighted by Crippen LogP contribution is 2.18. The van der Waals surface area contributed by atoms with Crippen molar-refractivity contribution in [2.75, 3.05) is 23.3 Å². The molecule has 2 aromatic rings. The van der Waals surface area contributed by atoms with Crippen molar-refractivity contribution in [1.82, 2.24) is 14.5 Å². The quantitative estimate of drug-likeness (QED) is 0.887. The number of rotatable bonds is 4. The van der Waals surface area contributed by atoms with Gasteiger partial charge in [-0.2, -0.15) is 0 Å². The molecular formula is C17H23N5O2. The number of nitrogens with one attached hydrogen (secondary N) is 2. The largest absolute Gasteiger partial charge is 0.367 e. The van der Waals surface area contributed by atoms with Gasteiger partial charge in [-0.05, 0) is 30.5 Å². The molecule has 0 aliphatic carbocycles. The first kappa shape index (κ1) is 16.3. The number of hydrogen-bond donors (Lipinski definition) is 2. The number of aromatic nitrogens is 3. The van der Waals surface area contributed by atoms with Gasteiger partial charge in [-0.25, -0.2) is 9.78 Å². The van der Waals surface area contributed by atoms with Gasteiger partial charge in [0.1, 0.15) is 11.6 Å². The summed E-state index contributed by atoms with van der Waals surface area (Å²) in [5.74, 6) is 1.42. The molecule has 2 aromatic heterocycles. The Morgan fingerprint density at radius 1 is 1.17 bits per heavy atom. The molecular weight excluding hydrogens is 306 g/mol. The average molecular weight is 329 g/mol. The second-order valence-electron chi connectivity index (χ2n) is 6.16. The van der Waals surface area contributed by atoms with E-state index in [1.54, 1.807) is 0 Å². The minimum atomic E-state index is -0.426. The SMILES string of the molecule is Cn1c(=O)cc(NCc2ccnc(N3CCCCCC3)c2)[nH]c1=O. The van der Waals surface area contributed by atoms with E-state index in [1.165, 1.54) is 38.8 Å². The zero-order valence-corrected chi connectivity index (χ0v) is 13.9. The van der Waals surface area contributed by atoms with E-state index in [4.69, 9.17) is 0 Å². The Hall–Kier alpha value is -2.57. The average Bonchev–Trinajstić information content (AvgIpc) is 2.87. The van der Waals surface area contributed by atoms with E-state index in [1.807, 2.05) is 12.3 Å². The second-order valence-corrected chi connectivity index (χ2v) is 6.16. The van der Waals surface area contributed by atoms with Gasteiger partial charge < -0.3 is 10.2 Å². The lowest BCUT2D eigenvalue weighted by atomic mass is 10.2. The highest BCUT2D eigenvalue weighted by Gasteiger charge is 2.11. The lowest BCUT2D eigenvalue weighted by Crippen LogP contribution is -2.32. The maximum absolute atomic E-state index is 11.7. The summed E-state index contributed by atoms with van der Waals surface area (Å²) >= 11 is 0. The summed E-state index contributed by atoms with van der Waals surface area (Å²) in [5, 5.41) is 3.10. The summed E-state index contributed by atoms with van der Waals surface area (Å²) in [4.78, 5) is 32.7. The third-order valence-corrected chi connectivity index (χ3v) is 4.37. The van der Waals surface area contributed by atoms with Crippen LogP contribution in [0.1, 0.15) is 31.2 Å². The molecule has 1 saturated heterocycles. The van der Waals surface area contributed by atoms with Gasteiger partial charge >= 0.3 is 5.69 Å². The van der Waals surface area contributed by atoms with Crippen molar-refractivity contribution in [3.63, 3.8) is 0 Å². The summed E-state index contributed by atoms with van der Waals surface area (Å²) in [6, 6.07) is 5.39. The molecule has 7 heteroatoms. The van der Waals surface area contributed by atoms with Crippen LogP contribution in [0.4, 0.5) is 11.6 Å². The lowest BCUT2D eigenvalue weighted by Gasteiger charge is -2.21. The van der Waals surface area contributed by atoms with Gasteiger partial charge in [-0.3, -0.25) is 14.3 Å². The third-order valence-electron chi connectivity index (χ3n) is 4.37. The van der Waals surface area contributed by atoms with Gasteiger partial charge in [0, 0.05) is 38.9 Å². The Kier molecular flexibility index (Phi) is 4.98. The van der Waals surface area contributed by atoms with Crippen molar-refractivity contribution in [2.24, 2.45) is 7.05 Å². The third kappa shape index (κ3) is 3.84. The number of anilines is 2. The Bertz CT molecular complexity index is 772. The predicted molar refractivity (Wildman–Crippen MR) is 94.5 cm³/mol. The molecule has 0 aromatic carbocycles. The van der Waals surface area contributed by atoms with Crippen molar-refractivity contribution >= 4 is 11.6 Å². The van der Waals surface area contributed by atoms with Crippen LogP contribution in [0.3, 0.4) is 0 Å². The maximum Gasteiger partial charge on any atom is 0.329 e. The van der Waals surface area contributed by atoms with Crippen LogP contribution in [0.25, 0.3) is 0 Å². The van der Waals surface area contributed by atoms with Crippen LogP contribution in [-0.4, -0.2) is 27.6 Å². The molecule has 0 saturated carbocycles. The standard InChI is InChI=1S/C17H23N5O2/c1-21-16(23)11-14(20-17(21)24)19-12-13-6-7-18-15(10-13)22-8-4-2-3-5-9-22/h6-7,10-11,19H,2-5,8-9,12H2,1H3,(H,20,24). The number of hydrogen-bond acceptors (Lipinski definition) is 5. The molecule has 3 heterocycles. The van der Waals surface area contributed by atoms with E-state index in [2.05, 4.69) is 26.3 Å². The fraction of sp³-hybridized carbons (Fsp3) is 0.471. The molecule has 0 radical (unpaired) electrons. The number of H-pyrrole nitrogens is 1. The summed E-state index contributed by atoms with van der Waals surface area (Å²) in [7, 11) is 1.45. The fourth-order valence-electron chi connectivity index (χ4n) is 2.89. The monoisotopic (exact) mass is 329 g/mol. The van der Waals surface area contributed by atoms with E-state index in [-0.39, 0.29) is 5.56 Å². The Morgan fingerprint density at radius 2 is 1.92 bits per heavy atom. The molecule has 24 heavy (non-hydrogen) atoms. The normalized spacial score (nSPS) is 15.1. The van der Waals surface area contributed by atoms with E-state index in [0.29, 0.717) is 12.4 Å². The molecule has 7 nitrogen and oxygen atoms in total. The first-order chi connectivity index (χ1) is 11.6. The fourth-order valence-corrected chi connectivity index (χ4v) is 2.89. The molecule has 1 fully saturated rings. The zero-order chi connectivity index (χ0) is 16.9. The molecule has 0 spiro atoms. The summed E-state index contributed by atoms with van der Waals surface area (Å²) < 4.78 is 1.04. The summed E-state index contributed by atoms with van der Waals surface area (Å²) in [6.07, 6.45) is 6.80. The molecule has 1 aliphatic rings. The van der Waals surface area contributed by atoms with Crippen LogP contribution >= 0.6 is 0 Å². The molecule has 3 rings (SSSR count). The summed E-state index contributed by atoms with van der Waals surface area (Å²) in [6.45, 7) is 2.62. The first-order valence-electron chi connectivity index (χ1n) is 8.37. The highest BCUT2D eigenvalue weighted by molar-refractivity contribution is 5.42. The van der Waals surface area contributed by atoms with Crippen molar-refractivity contribution in [3.05, 3.63) is 50.8 Å². The number of nitrogens with zero attached hydrogens (tertiary/aromatic N) is 3. The van der Waals surface area contributed by atoms with E-state index in [0.717, 1.165) is 29.0 Å². The van der Waals surface area contributed by atoms with Crippen LogP contribution in [0.2, 0.25) is 0 Å². The Labute approximate surface area is 140 Å². The molecule has 1 aliphatic heterocycles. The number of aromatic amines is 1. The van der Waals surface area contributed by atoms with E-state index >= 15 is 0 Å². The Morgan fingerprint density at radius 3 is 2.62 bits per heavy atom. The predicted octanol–water partition coefficient (Wildman–Crippen LogP) is 1.46. The van der Waals surface area contributed by atoms with E-state index in [9.17, 15) is 9.59 Å². The molecule has 128 valence electrons. The van der Waals surface area contributed by atoms with Crippen LogP contribution in [0.5, 0.6) is 0 Å². The first-order valence-corrected chi connectivity index (χ1v) is 8.37. The minimum Gasteiger partial charge on any atom is -0.367 e. The molecule has 0 atom stereocenters. The smallest absolute Gasteiger partial charge is 0.329 e. The van der Waals surface area contributed by atoms with Gasteiger partial charge in [0.2, 0.25) is 0 Å². The molecule has 2 N–H and O–H groups in total. The minimum absolute atomic E-state index is 0.332. The molecule has 0 bridgehead atoms. The van der Waals surface area contributed by atoms with Gasteiger partial charge in [0.15, 0.2) is 0 Å². The van der Waals surface area contributed by atoms with Gasteiger partial charge in [-0.15, -0.1) is 0 Å². The second kappa shape index (κ2) is 7.33. The zero-order valence-electron chi connectivity index (χ0n) is 13.9. The van der Waals surface area contributed by atoms with E-state index < -0.39 is 5.69 Å². The van der Waals surface area contributed by atoms with Crippen molar-refractivity contribution in [2.45, 2.75) is 32.2 Å². The molecule has 0 unspecified atom stereocenters. The van der Waals surface area contributed by atoms with Crippen molar-refractivity contribution < 1.29 is 0 Å².